The summed E-state index contributed by atoms with van der Waals surface area (Å²) < 4.78 is 12.0. The number of nitrogens with zero attached hydrogens (tertiary/aromatic N) is 1. The van der Waals surface area contributed by atoms with Crippen molar-refractivity contribution in [2.75, 3.05) is 14.2 Å². The number of halogens is 1. The highest BCUT2D eigenvalue weighted by Gasteiger charge is 2.23. The van der Waals surface area contributed by atoms with Crippen LogP contribution in [0.1, 0.15) is 16.1 Å². The van der Waals surface area contributed by atoms with Gasteiger partial charge in [-0.05, 0) is 12.5 Å². The summed E-state index contributed by atoms with van der Waals surface area (Å²) in [6.45, 7) is 1.73. The molecule has 0 amide bonds. The van der Waals surface area contributed by atoms with Gasteiger partial charge in [0.25, 0.3) is 0 Å². The zero-order valence-corrected chi connectivity index (χ0v) is 11.8. The molecule has 0 radical (unpaired) electrons. The van der Waals surface area contributed by atoms with Gasteiger partial charge in [-0.25, -0.2) is 4.79 Å². The van der Waals surface area contributed by atoms with Crippen molar-refractivity contribution in [1.82, 2.24) is 4.57 Å². The van der Waals surface area contributed by atoms with E-state index in [9.17, 15) is 9.90 Å². The molecule has 0 fully saturated rings. The molecule has 0 saturated carbocycles. The number of aryl methyl sites for hydroxylation is 2. The van der Waals surface area contributed by atoms with Gasteiger partial charge in [0.2, 0.25) is 0 Å². The molecule has 0 atom stereocenters. The zero-order chi connectivity index (χ0) is 14.3. The molecule has 2 rings (SSSR count). The molecule has 0 bridgehead atoms. The molecule has 0 aliphatic carbocycles. The number of hydrogen-bond acceptors (Lipinski definition) is 3. The highest BCUT2D eigenvalue weighted by Crippen LogP contribution is 2.43. The van der Waals surface area contributed by atoms with E-state index in [2.05, 4.69) is 0 Å². The normalized spacial score (nSPS) is 10.8. The minimum absolute atomic E-state index is 0.201. The first kappa shape index (κ1) is 13.5. The van der Waals surface area contributed by atoms with E-state index in [1.54, 1.807) is 24.6 Å². The van der Waals surface area contributed by atoms with Crippen molar-refractivity contribution in [3.05, 3.63) is 22.3 Å². The van der Waals surface area contributed by atoms with E-state index in [1.165, 1.54) is 14.2 Å². The Morgan fingerprint density at radius 3 is 2.47 bits per heavy atom. The number of carboxylic acids is 1. The third kappa shape index (κ3) is 1.81. The molecule has 0 aliphatic rings. The predicted octanol–water partition coefficient (Wildman–Crippen LogP) is 2.86. The van der Waals surface area contributed by atoms with Crippen molar-refractivity contribution in [1.29, 1.82) is 0 Å². The lowest BCUT2D eigenvalue weighted by Crippen LogP contribution is -2.05. The highest BCUT2D eigenvalue weighted by molar-refractivity contribution is 6.38. The fourth-order valence-electron chi connectivity index (χ4n) is 2.35. The van der Waals surface area contributed by atoms with Crippen LogP contribution >= 0.6 is 11.6 Å². The number of ether oxygens (including phenoxy) is 2. The first-order chi connectivity index (χ1) is 8.93. The molecule has 0 unspecified atom stereocenters. The molecule has 2 aromatic rings. The van der Waals surface area contributed by atoms with Crippen LogP contribution in [0.2, 0.25) is 5.02 Å². The van der Waals surface area contributed by atoms with Gasteiger partial charge in [0.15, 0.2) is 11.5 Å². The molecule has 1 heterocycles. The van der Waals surface area contributed by atoms with Crippen LogP contribution in [0.5, 0.6) is 11.5 Å². The molecule has 1 aromatic heterocycles. The standard InChI is InChI=1S/C13H14ClNO4/c1-6-9-7(15(2)11(6)13(16)17)5-8(18-3)12(19-4)10(9)14/h5H,1-4H3,(H,16,17). The van der Waals surface area contributed by atoms with Gasteiger partial charge in [-0.3, -0.25) is 0 Å². The van der Waals surface area contributed by atoms with E-state index in [0.717, 1.165) is 0 Å². The second-order valence-electron chi connectivity index (χ2n) is 4.16. The molecule has 6 heteroatoms. The molecule has 0 saturated heterocycles. The highest BCUT2D eigenvalue weighted by atomic mass is 35.5. The molecule has 0 aliphatic heterocycles. The number of methoxy groups -OCH3 is 2. The van der Waals surface area contributed by atoms with Crippen LogP contribution in [-0.4, -0.2) is 29.9 Å². The van der Waals surface area contributed by atoms with Gasteiger partial charge in [-0.2, -0.15) is 0 Å². The van der Waals surface area contributed by atoms with Gasteiger partial charge in [0, 0.05) is 18.5 Å². The predicted molar refractivity (Wildman–Crippen MR) is 72.7 cm³/mol. The topological polar surface area (TPSA) is 60.7 Å². The Balaban J connectivity index is 2.97. The summed E-state index contributed by atoms with van der Waals surface area (Å²) in [6.07, 6.45) is 0. The lowest BCUT2D eigenvalue weighted by molar-refractivity contribution is 0.0686. The summed E-state index contributed by atoms with van der Waals surface area (Å²) in [4.78, 5) is 11.3. The van der Waals surface area contributed by atoms with Gasteiger partial charge < -0.3 is 19.1 Å². The van der Waals surface area contributed by atoms with E-state index >= 15 is 0 Å². The average molecular weight is 284 g/mol. The monoisotopic (exact) mass is 283 g/mol. The van der Waals surface area contributed by atoms with Crippen molar-refractivity contribution >= 4 is 28.5 Å². The molecule has 102 valence electrons. The number of aromatic nitrogens is 1. The summed E-state index contributed by atoms with van der Waals surface area (Å²) >= 11 is 6.31. The number of aromatic carboxylic acids is 1. The Bertz CT molecular complexity index is 675. The first-order valence-electron chi connectivity index (χ1n) is 5.56. The molecule has 1 N–H and O–H groups in total. The van der Waals surface area contributed by atoms with Crippen LogP contribution in [0, 0.1) is 6.92 Å². The Morgan fingerprint density at radius 1 is 1.37 bits per heavy atom. The van der Waals surface area contributed by atoms with Gasteiger partial charge in [-0.1, -0.05) is 11.6 Å². The second kappa shape index (κ2) is 4.66. The van der Waals surface area contributed by atoms with Gasteiger partial charge in [0.1, 0.15) is 5.69 Å². The van der Waals surface area contributed by atoms with E-state index < -0.39 is 5.97 Å². The number of carbonyl (C=O) groups is 1. The van der Waals surface area contributed by atoms with Crippen LogP contribution in [-0.2, 0) is 7.05 Å². The Labute approximate surface area is 115 Å². The maximum absolute atomic E-state index is 11.3. The first-order valence-corrected chi connectivity index (χ1v) is 5.94. The van der Waals surface area contributed by atoms with E-state index in [4.69, 9.17) is 21.1 Å². The molecule has 19 heavy (non-hydrogen) atoms. The van der Waals surface area contributed by atoms with Crippen molar-refractivity contribution in [3.8, 4) is 11.5 Å². The summed E-state index contributed by atoms with van der Waals surface area (Å²) in [5, 5.41) is 10.3. The third-order valence-electron chi connectivity index (χ3n) is 3.22. The van der Waals surface area contributed by atoms with Crippen molar-refractivity contribution < 1.29 is 19.4 Å². The number of carboxylic acid groups (broad SMARTS) is 1. The molecular weight excluding hydrogens is 270 g/mol. The number of benzene rings is 1. The Kier molecular flexibility index (Phi) is 3.32. The SMILES string of the molecule is COc1cc2c(c(C)c(C(=O)O)n2C)c(Cl)c1OC. The van der Waals surface area contributed by atoms with Gasteiger partial charge in [-0.15, -0.1) is 0 Å². The summed E-state index contributed by atoms with van der Waals surface area (Å²) in [6, 6.07) is 1.72. The van der Waals surface area contributed by atoms with Gasteiger partial charge in [0.05, 0.1) is 24.8 Å². The summed E-state index contributed by atoms with van der Waals surface area (Å²) in [5.74, 6) is -0.120. The second-order valence-corrected chi connectivity index (χ2v) is 4.54. The molecule has 5 nitrogen and oxygen atoms in total. The average Bonchev–Trinajstić information content (AvgIpc) is 2.61. The lowest BCUT2D eigenvalue weighted by Gasteiger charge is -2.11. The maximum atomic E-state index is 11.3. The maximum Gasteiger partial charge on any atom is 0.352 e. The van der Waals surface area contributed by atoms with E-state index in [1.807, 2.05) is 0 Å². The minimum atomic E-state index is -0.995. The zero-order valence-electron chi connectivity index (χ0n) is 11.1. The largest absolute Gasteiger partial charge is 0.493 e. The molecule has 1 aromatic carbocycles. The molecule has 0 spiro atoms. The lowest BCUT2D eigenvalue weighted by atomic mass is 10.1. The molecular formula is C13H14ClNO4. The van der Waals surface area contributed by atoms with Crippen LogP contribution in [0.25, 0.3) is 10.9 Å². The Morgan fingerprint density at radius 2 is 2.00 bits per heavy atom. The minimum Gasteiger partial charge on any atom is -0.493 e. The van der Waals surface area contributed by atoms with Gasteiger partial charge >= 0.3 is 5.97 Å². The number of fused-ring (bicyclic) bond motifs is 1. The van der Waals surface area contributed by atoms with Crippen LogP contribution in [0.3, 0.4) is 0 Å². The van der Waals surface area contributed by atoms with Crippen LogP contribution in [0.15, 0.2) is 6.07 Å². The van der Waals surface area contributed by atoms with Crippen molar-refractivity contribution in [2.24, 2.45) is 7.05 Å². The van der Waals surface area contributed by atoms with E-state index in [0.29, 0.717) is 33.0 Å². The Hall–Kier alpha value is -1.88. The number of hydrogen-bond donors (Lipinski definition) is 1. The quantitative estimate of drug-likeness (QED) is 0.941. The van der Waals surface area contributed by atoms with Crippen LogP contribution < -0.4 is 9.47 Å². The fourth-order valence-corrected chi connectivity index (χ4v) is 2.76. The third-order valence-corrected chi connectivity index (χ3v) is 3.58. The smallest absolute Gasteiger partial charge is 0.352 e. The van der Waals surface area contributed by atoms with Crippen molar-refractivity contribution in [2.45, 2.75) is 6.92 Å². The fraction of sp³-hybridized carbons (Fsp3) is 0.308. The van der Waals surface area contributed by atoms with Crippen molar-refractivity contribution in [3.63, 3.8) is 0 Å². The van der Waals surface area contributed by atoms with E-state index in [-0.39, 0.29) is 5.69 Å². The summed E-state index contributed by atoms with van der Waals surface area (Å²) in [5.41, 5.74) is 1.50. The number of rotatable bonds is 3. The summed E-state index contributed by atoms with van der Waals surface area (Å²) in [7, 11) is 4.68. The van der Waals surface area contributed by atoms with Crippen LogP contribution in [0.4, 0.5) is 0 Å².